The first-order valence-electron chi connectivity index (χ1n) is 14.5. The molecule has 254 valence electrons. The lowest BCUT2D eigenvalue weighted by Crippen LogP contribution is -2.42. The number of aliphatic carboxylic acids is 2. The van der Waals surface area contributed by atoms with E-state index in [0.29, 0.717) is 23.6 Å². The Balaban J connectivity index is 0.00000170. The fourth-order valence-corrected chi connectivity index (χ4v) is 4.09. The molecule has 0 radical (unpaired) electrons. The third-order valence-electron chi connectivity index (χ3n) is 5.73. The van der Waals surface area contributed by atoms with Crippen molar-refractivity contribution < 1.29 is 57.5 Å². The normalized spacial score (nSPS) is 16.8. The fourth-order valence-electron chi connectivity index (χ4n) is 4.09. The zero-order valence-electron chi connectivity index (χ0n) is 27.7. The summed E-state index contributed by atoms with van der Waals surface area (Å²) in [5.41, 5.74) is 2.03. The van der Waals surface area contributed by atoms with Gasteiger partial charge in [-0.2, -0.15) is 0 Å². The molecule has 1 aliphatic rings. The summed E-state index contributed by atoms with van der Waals surface area (Å²) >= 11 is 0. The van der Waals surface area contributed by atoms with Crippen LogP contribution in [0.5, 0.6) is 11.6 Å². The number of carbonyl (C=O) groups excluding carboxylic acids is 2. The van der Waals surface area contributed by atoms with Gasteiger partial charge in [0.2, 0.25) is 12.2 Å². The number of benzene rings is 1. The Hall–Kier alpha value is -4.20. The number of rotatable bonds is 9. The summed E-state index contributed by atoms with van der Waals surface area (Å²) in [6.07, 6.45) is -0.889. The Kier molecular flexibility index (Phi) is 18.8. The summed E-state index contributed by atoms with van der Waals surface area (Å²) in [4.78, 5) is 40.8. The maximum absolute atomic E-state index is 14.7. The Morgan fingerprint density at radius 1 is 1.04 bits per heavy atom. The van der Waals surface area contributed by atoms with E-state index in [9.17, 15) is 14.0 Å². The summed E-state index contributed by atoms with van der Waals surface area (Å²) in [6.45, 7) is 14.7. The number of halogens is 1. The third kappa shape index (κ3) is 15.9. The summed E-state index contributed by atoms with van der Waals surface area (Å²) in [7, 11) is 1.49. The Morgan fingerprint density at radius 2 is 1.62 bits per heavy atom. The predicted octanol–water partition coefficient (Wildman–Crippen LogP) is 5.10. The molecule has 0 spiro atoms. The number of carboxylic acid groups (broad SMARTS) is 2. The molecule has 0 bridgehead atoms. The Bertz CT molecular complexity index is 1230. The van der Waals surface area contributed by atoms with Crippen LogP contribution in [-0.2, 0) is 39.8 Å². The molecule has 2 N–H and O–H groups in total. The summed E-state index contributed by atoms with van der Waals surface area (Å²) < 4.78 is 44.3. The minimum atomic E-state index is -0.833. The molecule has 3 atom stereocenters. The molecule has 1 aromatic heterocycles. The van der Waals surface area contributed by atoms with E-state index in [1.54, 1.807) is 12.1 Å². The van der Waals surface area contributed by atoms with Crippen LogP contribution >= 0.6 is 0 Å². The van der Waals surface area contributed by atoms with Gasteiger partial charge in [0, 0.05) is 70.3 Å². The highest BCUT2D eigenvalue weighted by Crippen LogP contribution is 2.32. The highest BCUT2D eigenvalue weighted by atomic mass is 19.1. The van der Waals surface area contributed by atoms with E-state index >= 15 is 0 Å². The van der Waals surface area contributed by atoms with Gasteiger partial charge in [-0.1, -0.05) is 19.9 Å². The topological polar surface area (TPSA) is 173 Å². The lowest BCUT2D eigenvalue weighted by molar-refractivity contribution is -0.202. The van der Waals surface area contributed by atoms with Crippen molar-refractivity contribution in [3.05, 3.63) is 40.8 Å². The van der Waals surface area contributed by atoms with Gasteiger partial charge in [-0.25, -0.2) is 4.39 Å². The Labute approximate surface area is 263 Å². The molecule has 1 aromatic carbocycles. The van der Waals surface area contributed by atoms with Crippen LogP contribution in [0.15, 0.2) is 18.2 Å². The number of ether oxygens (including phenoxy) is 5. The lowest BCUT2D eigenvalue weighted by Gasteiger charge is -2.34. The van der Waals surface area contributed by atoms with Crippen molar-refractivity contribution in [3.63, 3.8) is 0 Å². The van der Waals surface area contributed by atoms with Crippen LogP contribution in [0.4, 0.5) is 4.39 Å². The molecule has 2 heterocycles. The molecule has 0 saturated carbocycles. The summed E-state index contributed by atoms with van der Waals surface area (Å²) in [5, 5.41) is 19.5. The number of esters is 2. The maximum Gasteiger partial charge on any atom is 0.302 e. The monoisotopic (exact) mass is 642 g/mol. The number of aromatic nitrogens is 2. The van der Waals surface area contributed by atoms with Crippen molar-refractivity contribution >= 4 is 23.9 Å². The molecule has 2 unspecified atom stereocenters. The second-order valence-electron chi connectivity index (χ2n) is 9.89. The van der Waals surface area contributed by atoms with E-state index < -0.39 is 48.2 Å². The second kappa shape index (κ2) is 20.7. The van der Waals surface area contributed by atoms with Crippen molar-refractivity contribution in [2.24, 2.45) is 0 Å². The minimum Gasteiger partial charge on any atom is -0.497 e. The maximum atomic E-state index is 14.7. The van der Waals surface area contributed by atoms with Gasteiger partial charge in [0.25, 0.3) is 11.9 Å². The van der Waals surface area contributed by atoms with Gasteiger partial charge in [-0.15, -0.1) is 5.10 Å². The number of carbonyl (C=O) groups is 4. The largest absolute Gasteiger partial charge is 0.497 e. The number of nitrogens with zero attached hydrogens (tertiary/aromatic N) is 2. The first-order chi connectivity index (χ1) is 21.0. The molecule has 45 heavy (non-hydrogen) atoms. The minimum absolute atomic E-state index is 0.0103. The van der Waals surface area contributed by atoms with Gasteiger partial charge in [-0.3, -0.25) is 23.9 Å². The number of carboxylic acids is 2. The van der Waals surface area contributed by atoms with Gasteiger partial charge < -0.3 is 33.9 Å². The molecular weight excluding hydrogens is 595 g/mol. The molecule has 1 saturated heterocycles. The van der Waals surface area contributed by atoms with Crippen LogP contribution in [0.3, 0.4) is 0 Å². The second-order valence-corrected chi connectivity index (χ2v) is 9.89. The highest BCUT2D eigenvalue weighted by Gasteiger charge is 2.34. The molecule has 0 amide bonds. The molecule has 1 fully saturated rings. The van der Waals surface area contributed by atoms with Crippen molar-refractivity contribution in [2.45, 2.75) is 106 Å². The van der Waals surface area contributed by atoms with Crippen molar-refractivity contribution in [2.75, 3.05) is 13.7 Å². The van der Waals surface area contributed by atoms with Crippen LogP contribution in [-0.4, -0.2) is 76.1 Å². The number of hydrogen-bond acceptors (Lipinski definition) is 10. The van der Waals surface area contributed by atoms with Gasteiger partial charge >= 0.3 is 11.9 Å². The van der Waals surface area contributed by atoms with Gasteiger partial charge in [0.05, 0.1) is 13.2 Å². The average molecular weight is 643 g/mol. The van der Waals surface area contributed by atoms with Gasteiger partial charge in [0.1, 0.15) is 24.3 Å². The van der Waals surface area contributed by atoms with Crippen LogP contribution in [0, 0.1) is 12.7 Å². The highest BCUT2D eigenvalue weighted by molar-refractivity contribution is 5.66. The molecule has 3 rings (SSSR count). The molecule has 0 aliphatic carbocycles. The Morgan fingerprint density at radius 3 is 2.09 bits per heavy atom. The molecule has 2 aromatic rings. The van der Waals surface area contributed by atoms with Crippen LogP contribution in [0.25, 0.3) is 0 Å². The van der Waals surface area contributed by atoms with Crippen molar-refractivity contribution in [1.29, 1.82) is 0 Å². The third-order valence-corrected chi connectivity index (χ3v) is 5.73. The number of methoxy groups -OCH3 is 1. The molecule has 14 heteroatoms. The zero-order valence-corrected chi connectivity index (χ0v) is 27.7. The van der Waals surface area contributed by atoms with E-state index in [4.69, 9.17) is 43.5 Å². The smallest absolute Gasteiger partial charge is 0.302 e. The zero-order chi connectivity index (χ0) is 34.9. The van der Waals surface area contributed by atoms with E-state index in [1.807, 2.05) is 39.3 Å². The van der Waals surface area contributed by atoms with E-state index in [0.717, 1.165) is 25.1 Å². The average Bonchev–Trinajstić information content (AvgIpc) is 3.23. The predicted molar refractivity (Wildman–Crippen MR) is 162 cm³/mol. The van der Waals surface area contributed by atoms with E-state index in [-0.39, 0.29) is 25.5 Å². The molecule has 1 aliphatic heterocycles. The van der Waals surface area contributed by atoms with Gasteiger partial charge in [0.15, 0.2) is 0 Å². The van der Waals surface area contributed by atoms with Crippen molar-refractivity contribution in [1.82, 2.24) is 9.78 Å². The van der Waals surface area contributed by atoms with Gasteiger partial charge in [-0.05, 0) is 32.4 Å². The van der Waals surface area contributed by atoms with Crippen LogP contribution in [0.2, 0.25) is 0 Å². The lowest BCUT2D eigenvalue weighted by atomic mass is 10.0. The summed E-state index contributed by atoms with van der Waals surface area (Å²) in [6, 6.07) is 4.76. The van der Waals surface area contributed by atoms with Crippen molar-refractivity contribution in [3.8, 4) is 11.6 Å². The first-order valence-corrected chi connectivity index (χ1v) is 14.5. The SMILES string of the molecule is CC.CC(=O)O.CC(=O)O.COc1ccc(Cc2c(O[C@H]3CC(OC(C)=O)CC(COC(C)=O)O3)nn(C(C)C)c2C)c(F)c1. The first kappa shape index (κ1) is 40.8. The molecule has 13 nitrogen and oxygen atoms in total. The fraction of sp³-hybridized carbons (Fsp3) is 0.581. The summed E-state index contributed by atoms with van der Waals surface area (Å²) in [5.74, 6) is -2.17. The quantitative estimate of drug-likeness (QED) is 0.347. The van der Waals surface area contributed by atoms with E-state index in [2.05, 4.69) is 5.10 Å². The standard InChI is InChI=1S/C25H33FN2O7.2C2H4O2.C2H6/c1-14(2)28-15(3)22(9-18-7-8-19(31-6)11-23(18)26)25(27-28)35-24-12-20(33-17(5)30)10-21(34-24)13-32-16(4)29;2*1-2(3)4;1-2/h7-8,11,14,20-21,24H,9-10,12-13H2,1-6H3;2*1H3,(H,3,4);1-2H3/t20?,21?,24-;;;/m0.../s1. The molecular formula is C31H47FN2O11. The number of hydrogen-bond donors (Lipinski definition) is 2. The van der Waals surface area contributed by atoms with Crippen LogP contribution in [0.1, 0.15) is 91.1 Å². The van der Waals surface area contributed by atoms with E-state index in [1.165, 1.54) is 27.0 Å². The van der Waals surface area contributed by atoms with Crippen LogP contribution < -0.4 is 9.47 Å².